The summed E-state index contributed by atoms with van der Waals surface area (Å²) in [5, 5.41) is 0. The monoisotopic (exact) mass is 234 g/mol. The van der Waals surface area contributed by atoms with Crippen LogP contribution in [0.2, 0.25) is 0 Å². The van der Waals surface area contributed by atoms with Gasteiger partial charge in [0.2, 0.25) is 0 Å². The molecule has 0 aliphatic heterocycles. The van der Waals surface area contributed by atoms with Crippen molar-refractivity contribution in [3.05, 3.63) is 34.6 Å². The van der Waals surface area contributed by atoms with E-state index in [2.05, 4.69) is 0 Å². The Morgan fingerprint density at radius 3 is 2.12 bits per heavy atom. The van der Waals surface area contributed by atoms with Crippen LogP contribution in [0.1, 0.15) is 54.1 Å². The van der Waals surface area contributed by atoms with E-state index in [0.717, 1.165) is 25.7 Å². The minimum absolute atomic E-state index is 0.182. The lowest BCUT2D eigenvalue weighted by Crippen LogP contribution is -2.24. The van der Waals surface area contributed by atoms with E-state index in [1.54, 1.807) is 26.0 Å². The Hall–Kier alpha value is -1.18. The molecule has 0 heterocycles. The molecule has 0 atom stereocenters. The van der Waals surface area contributed by atoms with E-state index >= 15 is 0 Å². The van der Waals surface area contributed by atoms with Crippen LogP contribution >= 0.6 is 0 Å². The van der Waals surface area contributed by atoms with Crippen molar-refractivity contribution in [3.63, 3.8) is 0 Å². The van der Waals surface area contributed by atoms with Gasteiger partial charge in [-0.05, 0) is 49.9 Å². The number of ketones is 1. The van der Waals surface area contributed by atoms with Gasteiger partial charge in [0.15, 0.2) is 5.78 Å². The molecule has 92 valence electrons. The van der Waals surface area contributed by atoms with Crippen LogP contribution in [0.3, 0.4) is 0 Å². The summed E-state index contributed by atoms with van der Waals surface area (Å²) in [4.78, 5) is 12.5. The van der Waals surface area contributed by atoms with E-state index in [4.69, 9.17) is 0 Å². The molecule has 2 rings (SSSR count). The second-order valence-electron chi connectivity index (χ2n) is 5.52. The molecule has 0 radical (unpaired) electrons. The lowest BCUT2D eigenvalue weighted by atomic mass is 9.80. The van der Waals surface area contributed by atoms with Gasteiger partial charge in [-0.25, -0.2) is 4.39 Å². The highest BCUT2D eigenvalue weighted by Gasteiger charge is 2.36. The summed E-state index contributed by atoms with van der Waals surface area (Å²) in [6.07, 6.45) is 4.17. The Morgan fingerprint density at radius 2 is 1.65 bits per heavy atom. The molecule has 1 aromatic rings. The fourth-order valence-corrected chi connectivity index (χ4v) is 2.81. The van der Waals surface area contributed by atoms with Crippen molar-refractivity contribution >= 4 is 5.78 Å². The largest absolute Gasteiger partial charge is 0.294 e. The number of benzene rings is 1. The molecule has 0 unspecified atom stereocenters. The Morgan fingerprint density at radius 1 is 1.18 bits per heavy atom. The van der Waals surface area contributed by atoms with Gasteiger partial charge in [0.1, 0.15) is 5.82 Å². The minimum atomic E-state index is -0.225. The Balaban J connectivity index is 2.37. The first-order valence-corrected chi connectivity index (χ1v) is 6.25. The SMILES string of the molecule is Cc1cc(C(=O)C2(C)CCCC2)cc(C)c1F. The molecule has 0 bridgehead atoms. The molecule has 1 aromatic carbocycles. The van der Waals surface area contributed by atoms with E-state index in [1.165, 1.54) is 0 Å². The van der Waals surface area contributed by atoms with Crippen LogP contribution in [-0.2, 0) is 0 Å². The highest BCUT2D eigenvalue weighted by atomic mass is 19.1. The van der Waals surface area contributed by atoms with Crippen molar-refractivity contribution < 1.29 is 9.18 Å². The van der Waals surface area contributed by atoms with Gasteiger partial charge in [-0.15, -0.1) is 0 Å². The third-order valence-electron chi connectivity index (χ3n) is 3.95. The van der Waals surface area contributed by atoms with Crippen LogP contribution in [0.25, 0.3) is 0 Å². The molecule has 0 N–H and O–H groups in total. The first kappa shape index (κ1) is 12.3. The molecule has 2 heteroatoms. The standard InChI is InChI=1S/C15H19FO/c1-10-8-12(9-11(2)13(10)16)14(17)15(3)6-4-5-7-15/h8-9H,4-7H2,1-3H3. The summed E-state index contributed by atoms with van der Waals surface area (Å²) < 4.78 is 13.5. The zero-order valence-electron chi connectivity index (χ0n) is 10.8. The number of rotatable bonds is 2. The fraction of sp³-hybridized carbons (Fsp3) is 0.533. The van der Waals surface area contributed by atoms with Gasteiger partial charge in [0.05, 0.1) is 0 Å². The van der Waals surface area contributed by atoms with Crippen molar-refractivity contribution in [2.75, 3.05) is 0 Å². The zero-order chi connectivity index (χ0) is 12.6. The molecule has 1 aliphatic rings. The fourth-order valence-electron chi connectivity index (χ4n) is 2.81. The van der Waals surface area contributed by atoms with E-state index in [9.17, 15) is 9.18 Å². The number of carbonyl (C=O) groups is 1. The quantitative estimate of drug-likeness (QED) is 0.701. The maximum atomic E-state index is 13.5. The van der Waals surface area contributed by atoms with Gasteiger partial charge in [-0.3, -0.25) is 4.79 Å². The van der Waals surface area contributed by atoms with Crippen LogP contribution in [-0.4, -0.2) is 5.78 Å². The average molecular weight is 234 g/mol. The van der Waals surface area contributed by atoms with Gasteiger partial charge in [-0.1, -0.05) is 19.8 Å². The van der Waals surface area contributed by atoms with Crippen LogP contribution in [0.4, 0.5) is 4.39 Å². The van der Waals surface area contributed by atoms with Crippen molar-refractivity contribution in [1.29, 1.82) is 0 Å². The lowest BCUT2D eigenvalue weighted by molar-refractivity contribution is 0.0823. The van der Waals surface area contributed by atoms with E-state index in [1.807, 2.05) is 6.92 Å². The molecule has 1 fully saturated rings. The molecule has 17 heavy (non-hydrogen) atoms. The predicted molar refractivity (Wildman–Crippen MR) is 66.8 cm³/mol. The first-order chi connectivity index (χ1) is 7.94. The molecule has 1 saturated carbocycles. The van der Waals surface area contributed by atoms with E-state index in [0.29, 0.717) is 16.7 Å². The highest BCUT2D eigenvalue weighted by Crippen LogP contribution is 2.40. The predicted octanol–water partition coefficient (Wildman–Crippen LogP) is 4.21. The number of aryl methyl sites for hydroxylation is 2. The molecule has 0 spiro atoms. The van der Waals surface area contributed by atoms with Gasteiger partial charge >= 0.3 is 0 Å². The van der Waals surface area contributed by atoms with Gasteiger partial charge in [0.25, 0.3) is 0 Å². The van der Waals surface area contributed by atoms with Crippen LogP contribution in [0, 0.1) is 25.1 Å². The number of hydrogen-bond donors (Lipinski definition) is 0. The van der Waals surface area contributed by atoms with Crippen LogP contribution in [0.5, 0.6) is 0 Å². The molecular weight excluding hydrogens is 215 g/mol. The number of halogens is 1. The molecule has 0 amide bonds. The summed E-state index contributed by atoms with van der Waals surface area (Å²) in [6, 6.07) is 3.38. The second kappa shape index (κ2) is 4.25. The van der Waals surface area contributed by atoms with E-state index < -0.39 is 0 Å². The molecule has 1 nitrogen and oxygen atoms in total. The van der Waals surface area contributed by atoms with Crippen molar-refractivity contribution in [2.45, 2.75) is 46.5 Å². The van der Waals surface area contributed by atoms with Gasteiger partial charge < -0.3 is 0 Å². The molecule has 0 saturated heterocycles. The summed E-state index contributed by atoms with van der Waals surface area (Å²) in [5.41, 5.74) is 1.58. The topological polar surface area (TPSA) is 17.1 Å². The first-order valence-electron chi connectivity index (χ1n) is 6.25. The lowest BCUT2D eigenvalue weighted by Gasteiger charge is -2.22. The third-order valence-corrected chi connectivity index (χ3v) is 3.95. The van der Waals surface area contributed by atoms with Crippen molar-refractivity contribution in [1.82, 2.24) is 0 Å². The number of Topliss-reactive ketones (excluding diaryl/α,β-unsaturated/α-hetero) is 1. The summed E-state index contributed by atoms with van der Waals surface area (Å²) in [7, 11) is 0. The van der Waals surface area contributed by atoms with Gasteiger partial charge in [-0.2, -0.15) is 0 Å². The smallest absolute Gasteiger partial charge is 0.168 e. The summed E-state index contributed by atoms with van der Waals surface area (Å²) in [6.45, 7) is 5.47. The Bertz CT molecular complexity index is 433. The maximum Gasteiger partial charge on any atom is 0.168 e. The highest BCUT2D eigenvalue weighted by molar-refractivity contribution is 6.00. The molecular formula is C15H19FO. The Labute approximate surface area is 102 Å². The van der Waals surface area contributed by atoms with Crippen molar-refractivity contribution in [3.8, 4) is 0 Å². The Kier molecular flexibility index (Phi) is 3.07. The maximum absolute atomic E-state index is 13.5. The molecule has 0 aromatic heterocycles. The van der Waals surface area contributed by atoms with E-state index in [-0.39, 0.29) is 17.0 Å². The van der Waals surface area contributed by atoms with Crippen LogP contribution in [0.15, 0.2) is 12.1 Å². The zero-order valence-corrected chi connectivity index (χ0v) is 10.8. The third kappa shape index (κ3) is 2.13. The van der Waals surface area contributed by atoms with Crippen molar-refractivity contribution in [2.24, 2.45) is 5.41 Å². The summed E-state index contributed by atoms with van der Waals surface area (Å²) in [5.74, 6) is -0.0145. The summed E-state index contributed by atoms with van der Waals surface area (Å²) >= 11 is 0. The minimum Gasteiger partial charge on any atom is -0.294 e. The second-order valence-corrected chi connectivity index (χ2v) is 5.52. The normalized spacial score (nSPS) is 18.4. The number of hydrogen-bond acceptors (Lipinski definition) is 1. The molecule has 1 aliphatic carbocycles. The average Bonchev–Trinajstić information content (AvgIpc) is 2.72. The van der Waals surface area contributed by atoms with Crippen LogP contribution < -0.4 is 0 Å². The number of carbonyl (C=O) groups excluding carboxylic acids is 1. The van der Waals surface area contributed by atoms with Gasteiger partial charge in [0, 0.05) is 11.0 Å².